The van der Waals surface area contributed by atoms with Gasteiger partial charge in [-0.05, 0) is 52.7 Å². The molecular formula is C14H12BrClN2O. The van der Waals surface area contributed by atoms with Crippen molar-refractivity contribution in [2.24, 2.45) is 0 Å². The van der Waals surface area contributed by atoms with E-state index in [4.69, 9.17) is 17.3 Å². The molecule has 0 heterocycles. The molecule has 0 radical (unpaired) electrons. The highest BCUT2D eigenvalue weighted by atomic mass is 79.9. The zero-order valence-corrected chi connectivity index (χ0v) is 12.5. The zero-order chi connectivity index (χ0) is 14.0. The summed E-state index contributed by atoms with van der Waals surface area (Å²) in [5, 5.41) is 3.25. The van der Waals surface area contributed by atoms with Crippen LogP contribution >= 0.6 is 27.5 Å². The predicted molar refractivity (Wildman–Crippen MR) is 82.7 cm³/mol. The highest BCUT2D eigenvalue weighted by Crippen LogP contribution is 2.27. The minimum atomic E-state index is -0.198. The highest BCUT2D eigenvalue weighted by molar-refractivity contribution is 9.10. The fourth-order valence-corrected chi connectivity index (χ4v) is 2.30. The van der Waals surface area contributed by atoms with Crippen LogP contribution in [-0.2, 0) is 0 Å². The Kier molecular flexibility index (Phi) is 4.12. The molecule has 98 valence electrons. The van der Waals surface area contributed by atoms with Crippen molar-refractivity contribution in [1.82, 2.24) is 0 Å². The lowest BCUT2D eigenvalue weighted by molar-refractivity contribution is 0.102. The third kappa shape index (κ3) is 3.08. The van der Waals surface area contributed by atoms with E-state index in [2.05, 4.69) is 21.2 Å². The molecule has 5 heteroatoms. The first-order valence-corrected chi connectivity index (χ1v) is 6.77. The Morgan fingerprint density at radius 1 is 1.32 bits per heavy atom. The SMILES string of the molecule is Cc1cc(N)c(Cl)cc1NC(=O)c1ccccc1Br. The first-order chi connectivity index (χ1) is 8.99. The van der Waals surface area contributed by atoms with E-state index in [0.29, 0.717) is 22.0 Å². The van der Waals surface area contributed by atoms with Crippen LogP contribution in [0.25, 0.3) is 0 Å². The van der Waals surface area contributed by atoms with Gasteiger partial charge in [0.15, 0.2) is 0 Å². The Hall–Kier alpha value is -1.52. The van der Waals surface area contributed by atoms with Crippen molar-refractivity contribution in [1.29, 1.82) is 0 Å². The topological polar surface area (TPSA) is 55.1 Å². The molecule has 1 amide bonds. The van der Waals surface area contributed by atoms with Crippen LogP contribution in [0.2, 0.25) is 5.02 Å². The number of nitrogens with two attached hydrogens (primary N) is 1. The van der Waals surface area contributed by atoms with Gasteiger partial charge in [0, 0.05) is 10.2 Å². The van der Waals surface area contributed by atoms with E-state index in [0.717, 1.165) is 10.0 Å². The molecule has 0 saturated carbocycles. The molecular weight excluding hydrogens is 328 g/mol. The van der Waals surface area contributed by atoms with Crippen molar-refractivity contribution in [3.63, 3.8) is 0 Å². The Bertz CT molecular complexity index is 643. The first-order valence-electron chi connectivity index (χ1n) is 5.60. The molecule has 2 rings (SSSR count). The van der Waals surface area contributed by atoms with E-state index in [9.17, 15) is 4.79 Å². The molecule has 0 aromatic heterocycles. The van der Waals surface area contributed by atoms with Gasteiger partial charge < -0.3 is 11.1 Å². The number of rotatable bonds is 2. The number of hydrogen-bond donors (Lipinski definition) is 2. The Morgan fingerprint density at radius 2 is 2.00 bits per heavy atom. The second-order valence-corrected chi connectivity index (χ2v) is 5.38. The second-order valence-electron chi connectivity index (χ2n) is 4.12. The zero-order valence-electron chi connectivity index (χ0n) is 10.2. The van der Waals surface area contributed by atoms with E-state index < -0.39 is 0 Å². The van der Waals surface area contributed by atoms with Crippen molar-refractivity contribution in [3.05, 3.63) is 57.0 Å². The highest BCUT2D eigenvalue weighted by Gasteiger charge is 2.11. The number of anilines is 2. The van der Waals surface area contributed by atoms with Crippen LogP contribution in [0.1, 0.15) is 15.9 Å². The molecule has 3 N–H and O–H groups in total. The van der Waals surface area contributed by atoms with Gasteiger partial charge in [0.05, 0.1) is 16.3 Å². The Labute approximate surface area is 124 Å². The maximum atomic E-state index is 12.2. The molecule has 0 atom stereocenters. The van der Waals surface area contributed by atoms with Crippen molar-refractivity contribution in [2.75, 3.05) is 11.1 Å². The summed E-state index contributed by atoms with van der Waals surface area (Å²) in [4.78, 5) is 12.2. The lowest BCUT2D eigenvalue weighted by Crippen LogP contribution is -2.13. The lowest BCUT2D eigenvalue weighted by atomic mass is 10.1. The van der Waals surface area contributed by atoms with Crippen LogP contribution in [0.4, 0.5) is 11.4 Å². The molecule has 0 bridgehead atoms. The van der Waals surface area contributed by atoms with E-state index in [-0.39, 0.29) is 5.91 Å². The maximum absolute atomic E-state index is 12.2. The van der Waals surface area contributed by atoms with Gasteiger partial charge in [-0.3, -0.25) is 4.79 Å². The lowest BCUT2D eigenvalue weighted by Gasteiger charge is -2.11. The average molecular weight is 340 g/mol. The minimum absolute atomic E-state index is 0.198. The van der Waals surface area contributed by atoms with Crippen molar-refractivity contribution in [3.8, 4) is 0 Å². The summed E-state index contributed by atoms with van der Waals surface area (Å²) < 4.78 is 0.742. The third-order valence-electron chi connectivity index (χ3n) is 2.71. The van der Waals surface area contributed by atoms with Crippen LogP contribution in [0.15, 0.2) is 40.9 Å². The molecule has 0 saturated heterocycles. The average Bonchev–Trinajstić information content (AvgIpc) is 2.36. The number of carbonyl (C=O) groups excluding carboxylic acids is 1. The smallest absolute Gasteiger partial charge is 0.256 e. The predicted octanol–water partition coefficient (Wildman–Crippen LogP) is 4.25. The normalized spacial score (nSPS) is 10.3. The summed E-state index contributed by atoms with van der Waals surface area (Å²) in [5.41, 5.74) is 8.28. The second kappa shape index (κ2) is 5.63. The monoisotopic (exact) mass is 338 g/mol. The van der Waals surface area contributed by atoms with E-state index >= 15 is 0 Å². The summed E-state index contributed by atoms with van der Waals surface area (Å²) in [5.74, 6) is -0.198. The van der Waals surface area contributed by atoms with E-state index in [1.165, 1.54) is 0 Å². The summed E-state index contributed by atoms with van der Waals surface area (Å²) in [6.07, 6.45) is 0. The van der Waals surface area contributed by atoms with Crippen molar-refractivity contribution in [2.45, 2.75) is 6.92 Å². The van der Waals surface area contributed by atoms with Gasteiger partial charge in [-0.25, -0.2) is 0 Å². The quantitative estimate of drug-likeness (QED) is 0.804. The van der Waals surface area contributed by atoms with Gasteiger partial charge in [0.1, 0.15) is 0 Å². The minimum Gasteiger partial charge on any atom is -0.398 e. The Balaban J connectivity index is 2.30. The molecule has 0 aliphatic heterocycles. The number of hydrogen-bond acceptors (Lipinski definition) is 2. The number of amides is 1. The number of halogens is 2. The first kappa shape index (κ1) is 13.9. The van der Waals surface area contributed by atoms with Crippen LogP contribution < -0.4 is 11.1 Å². The van der Waals surface area contributed by atoms with Crippen LogP contribution in [0.3, 0.4) is 0 Å². The molecule has 0 unspecified atom stereocenters. The maximum Gasteiger partial charge on any atom is 0.256 e. The van der Waals surface area contributed by atoms with Crippen molar-refractivity contribution < 1.29 is 4.79 Å². The summed E-state index contributed by atoms with van der Waals surface area (Å²) in [6.45, 7) is 1.86. The van der Waals surface area contributed by atoms with Crippen molar-refractivity contribution >= 4 is 44.8 Å². The van der Waals surface area contributed by atoms with Gasteiger partial charge in [0.2, 0.25) is 0 Å². The molecule has 2 aromatic carbocycles. The molecule has 3 nitrogen and oxygen atoms in total. The van der Waals surface area contributed by atoms with E-state index in [1.807, 2.05) is 25.1 Å². The van der Waals surface area contributed by atoms with Gasteiger partial charge in [-0.15, -0.1) is 0 Å². The number of carbonyl (C=O) groups is 1. The summed E-state index contributed by atoms with van der Waals surface area (Å²) in [6, 6.07) is 10.6. The summed E-state index contributed by atoms with van der Waals surface area (Å²) in [7, 11) is 0. The third-order valence-corrected chi connectivity index (χ3v) is 3.73. The fraction of sp³-hybridized carbons (Fsp3) is 0.0714. The van der Waals surface area contributed by atoms with Gasteiger partial charge in [-0.2, -0.15) is 0 Å². The fourth-order valence-electron chi connectivity index (χ4n) is 1.67. The molecule has 0 aliphatic rings. The van der Waals surface area contributed by atoms with Gasteiger partial charge in [0.25, 0.3) is 5.91 Å². The van der Waals surface area contributed by atoms with Crippen LogP contribution in [-0.4, -0.2) is 5.91 Å². The molecule has 2 aromatic rings. The number of benzene rings is 2. The molecule has 0 aliphatic carbocycles. The molecule has 0 spiro atoms. The number of aryl methyl sites for hydroxylation is 1. The number of nitrogen functional groups attached to an aromatic ring is 1. The molecule has 19 heavy (non-hydrogen) atoms. The Morgan fingerprint density at radius 3 is 2.68 bits per heavy atom. The van der Waals surface area contributed by atoms with Gasteiger partial charge in [-0.1, -0.05) is 23.7 Å². The molecule has 0 fully saturated rings. The van der Waals surface area contributed by atoms with Crippen LogP contribution in [0.5, 0.6) is 0 Å². The largest absolute Gasteiger partial charge is 0.398 e. The number of nitrogens with one attached hydrogen (secondary N) is 1. The standard InChI is InChI=1S/C14H12BrClN2O/c1-8-6-12(17)11(16)7-13(8)18-14(19)9-4-2-3-5-10(9)15/h2-7H,17H2,1H3,(H,18,19). The van der Waals surface area contributed by atoms with Gasteiger partial charge >= 0.3 is 0 Å². The summed E-state index contributed by atoms with van der Waals surface area (Å²) >= 11 is 9.31. The van der Waals surface area contributed by atoms with E-state index in [1.54, 1.807) is 18.2 Å². The van der Waals surface area contributed by atoms with Crippen LogP contribution in [0, 0.1) is 6.92 Å².